The standard InChI is InChI=1S/C74H130N2O12/c1-5-8-11-14-17-20-23-26-29-32-35-38-41-44-47-50-54-83-64-58-63(73(81)86-57-53-67(78)88-70-66(61-77)87-72(68(70)79)76-60-62(4)71(80)75-74(76)82)59-65(84-55-51-48-45-42-39-36-33-30-27-24-21-18-15-12-9-6-2)69(64)85-56-52-49-46-43-40-37-34-31-28-25-22-19-16-13-10-7-3/h58-60,66,68,70,72,77,79H,5-57,61H2,1-4H3,(H,75,80,82)/t66-,68-,70-,72-/m1/s1. The summed E-state index contributed by atoms with van der Waals surface area (Å²) in [5, 5.41) is 21.2. The van der Waals surface area contributed by atoms with E-state index in [1.807, 2.05) is 0 Å². The third-order valence-electron chi connectivity index (χ3n) is 17.7. The molecule has 0 aliphatic carbocycles. The van der Waals surface area contributed by atoms with Crippen LogP contribution in [0.4, 0.5) is 0 Å². The number of nitrogens with one attached hydrogen (secondary N) is 1. The van der Waals surface area contributed by atoms with Crippen LogP contribution in [-0.2, 0) is 19.0 Å². The molecule has 508 valence electrons. The quantitative estimate of drug-likeness (QED) is 0.0421. The zero-order valence-corrected chi connectivity index (χ0v) is 56.6. The van der Waals surface area contributed by atoms with Crippen LogP contribution in [0.2, 0.25) is 0 Å². The highest BCUT2D eigenvalue weighted by atomic mass is 16.6. The number of nitrogens with zero attached hydrogens (tertiary/aromatic N) is 1. The Labute approximate surface area is 534 Å². The third kappa shape index (κ3) is 36.8. The van der Waals surface area contributed by atoms with Crippen LogP contribution in [-0.4, -0.2) is 83.0 Å². The van der Waals surface area contributed by atoms with Crippen molar-refractivity contribution in [1.29, 1.82) is 0 Å². The highest BCUT2D eigenvalue weighted by Crippen LogP contribution is 2.40. The van der Waals surface area contributed by atoms with Gasteiger partial charge in [-0.25, -0.2) is 9.59 Å². The van der Waals surface area contributed by atoms with Crippen LogP contribution >= 0.6 is 0 Å². The largest absolute Gasteiger partial charge is 0.490 e. The van der Waals surface area contributed by atoms with Crippen molar-refractivity contribution in [2.24, 2.45) is 0 Å². The first-order valence-corrected chi connectivity index (χ1v) is 36.8. The van der Waals surface area contributed by atoms with Gasteiger partial charge in [0.05, 0.1) is 38.4 Å². The Balaban J connectivity index is 1.61. The highest BCUT2D eigenvalue weighted by Gasteiger charge is 2.47. The first kappa shape index (κ1) is 78.4. The number of carbonyl (C=O) groups excluding carboxylic acids is 2. The van der Waals surface area contributed by atoms with Gasteiger partial charge in [0, 0.05) is 11.8 Å². The third-order valence-corrected chi connectivity index (χ3v) is 17.7. The molecule has 4 atom stereocenters. The van der Waals surface area contributed by atoms with Crippen molar-refractivity contribution in [2.45, 2.75) is 367 Å². The average Bonchev–Trinajstić information content (AvgIpc) is 1.81. The Morgan fingerprint density at radius 2 is 0.818 bits per heavy atom. The molecule has 0 saturated carbocycles. The fourth-order valence-corrected chi connectivity index (χ4v) is 12.1. The summed E-state index contributed by atoms with van der Waals surface area (Å²) in [5.41, 5.74) is -1.00. The maximum Gasteiger partial charge on any atom is 0.338 e. The number of aliphatic hydroxyl groups is 2. The lowest BCUT2D eigenvalue weighted by atomic mass is 10.0. The molecule has 3 N–H and O–H groups in total. The summed E-state index contributed by atoms with van der Waals surface area (Å²) in [4.78, 5) is 53.9. The summed E-state index contributed by atoms with van der Waals surface area (Å²) in [5.74, 6) is -0.118. The second kappa shape index (κ2) is 53.8. The Morgan fingerprint density at radius 1 is 0.489 bits per heavy atom. The summed E-state index contributed by atoms with van der Waals surface area (Å²) in [7, 11) is 0. The minimum absolute atomic E-state index is 0.203. The van der Waals surface area contributed by atoms with E-state index in [1.165, 1.54) is 270 Å². The van der Waals surface area contributed by atoms with Crippen LogP contribution in [0, 0.1) is 6.92 Å². The van der Waals surface area contributed by atoms with Crippen LogP contribution in [0.1, 0.15) is 358 Å². The summed E-state index contributed by atoms with van der Waals surface area (Å²) in [6.07, 6.45) is 57.0. The number of unbranched alkanes of at least 4 members (excludes halogenated alkanes) is 45. The van der Waals surface area contributed by atoms with Gasteiger partial charge in [-0.15, -0.1) is 0 Å². The van der Waals surface area contributed by atoms with Crippen LogP contribution < -0.4 is 25.5 Å². The van der Waals surface area contributed by atoms with Crippen molar-refractivity contribution in [2.75, 3.05) is 33.0 Å². The molecule has 88 heavy (non-hydrogen) atoms. The number of aromatic nitrogens is 2. The number of H-pyrrole nitrogens is 1. The van der Waals surface area contributed by atoms with E-state index < -0.39 is 54.3 Å². The molecular weight excluding hydrogens is 1110 g/mol. The zero-order chi connectivity index (χ0) is 63.3. The van der Waals surface area contributed by atoms with Crippen LogP contribution in [0.25, 0.3) is 0 Å². The van der Waals surface area contributed by atoms with Crippen molar-refractivity contribution >= 4 is 11.9 Å². The highest BCUT2D eigenvalue weighted by molar-refractivity contribution is 5.91. The first-order valence-electron chi connectivity index (χ1n) is 36.8. The number of carbonyl (C=O) groups is 2. The number of benzene rings is 1. The van der Waals surface area contributed by atoms with Gasteiger partial charge in [-0.2, -0.15) is 0 Å². The van der Waals surface area contributed by atoms with E-state index in [-0.39, 0.29) is 24.2 Å². The molecule has 1 aliphatic heterocycles. The fourth-order valence-electron chi connectivity index (χ4n) is 12.1. The van der Waals surface area contributed by atoms with E-state index >= 15 is 0 Å². The molecule has 14 nitrogen and oxygen atoms in total. The molecule has 0 unspecified atom stereocenters. The predicted octanol–water partition coefficient (Wildman–Crippen LogP) is 19.2. The van der Waals surface area contributed by atoms with Crippen LogP contribution in [0.3, 0.4) is 0 Å². The molecule has 1 saturated heterocycles. The first-order chi connectivity index (χ1) is 43.1. The smallest absolute Gasteiger partial charge is 0.338 e. The lowest BCUT2D eigenvalue weighted by Crippen LogP contribution is -2.40. The number of aryl methyl sites for hydroxylation is 1. The Hall–Kier alpha value is -3.88. The number of aromatic amines is 1. The Morgan fingerprint density at radius 3 is 1.16 bits per heavy atom. The van der Waals surface area contributed by atoms with E-state index in [1.54, 1.807) is 12.1 Å². The van der Waals surface area contributed by atoms with E-state index in [9.17, 15) is 29.4 Å². The fraction of sp³-hybridized carbons (Fsp3) is 0.838. The molecule has 3 rings (SSSR count). The summed E-state index contributed by atoms with van der Waals surface area (Å²) >= 11 is 0. The molecule has 0 bridgehead atoms. The second-order valence-corrected chi connectivity index (χ2v) is 25.8. The molecule has 1 aromatic carbocycles. The predicted molar refractivity (Wildman–Crippen MR) is 359 cm³/mol. The SMILES string of the molecule is CCCCCCCCCCCCCCCCCCOc1cc(C(=O)OCCC(=O)O[C@H]2[C@@H](O)[C@H](n3cc(C)c(=O)[nH]c3=O)O[C@@H]2CO)cc(OCCCCCCCCCCCCCCCCCC)c1OCCCCCCCCCCCCCCCCCC. The lowest BCUT2D eigenvalue weighted by Gasteiger charge is -2.20. The number of hydrogen-bond donors (Lipinski definition) is 3. The Bertz CT molecular complexity index is 2070. The average molecular weight is 1240 g/mol. The van der Waals surface area contributed by atoms with Gasteiger partial charge in [0.25, 0.3) is 5.56 Å². The molecule has 1 aromatic heterocycles. The molecular formula is C74H130N2O12. The van der Waals surface area contributed by atoms with Gasteiger partial charge in [-0.1, -0.05) is 310 Å². The Kier molecular flexibility index (Phi) is 47.9. The molecule has 1 fully saturated rings. The van der Waals surface area contributed by atoms with Crippen molar-refractivity contribution in [3.05, 3.63) is 50.3 Å². The summed E-state index contributed by atoms with van der Waals surface area (Å²) < 4.78 is 37.6. The molecule has 0 radical (unpaired) electrons. The van der Waals surface area contributed by atoms with Crippen LogP contribution in [0.15, 0.2) is 27.9 Å². The maximum atomic E-state index is 13.9. The minimum atomic E-state index is -1.55. The van der Waals surface area contributed by atoms with Crippen molar-refractivity contribution < 1.29 is 48.2 Å². The number of ether oxygens (including phenoxy) is 6. The van der Waals surface area contributed by atoms with Crippen molar-refractivity contribution in [3.8, 4) is 17.2 Å². The van der Waals surface area contributed by atoms with Gasteiger partial charge in [-0.3, -0.25) is 19.1 Å². The van der Waals surface area contributed by atoms with Crippen molar-refractivity contribution in [1.82, 2.24) is 9.55 Å². The topological polar surface area (TPSA) is 185 Å². The maximum absolute atomic E-state index is 13.9. The lowest BCUT2D eigenvalue weighted by molar-refractivity contribution is -0.157. The normalized spacial score (nSPS) is 15.7. The van der Waals surface area contributed by atoms with Crippen molar-refractivity contribution in [3.63, 3.8) is 0 Å². The molecule has 1 aliphatic rings. The van der Waals surface area contributed by atoms with Gasteiger partial charge < -0.3 is 38.6 Å². The number of esters is 2. The monoisotopic (exact) mass is 1240 g/mol. The molecule has 0 amide bonds. The summed E-state index contributed by atoms with van der Waals surface area (Å²) in [6.45, 7) is 8.78. The number of rotatable bonds is 61. The van der Waals surface area contributed by atoms with Gasteiger partial charge in [0.2, 0.25) is 5.75 Å². The van der Waals surface area contributed by atoms with Gasteiger partial charge >= 0.3 is 17.6 Å². The zero-order valence-electron chi connectivity index (χ0n) is 56.6. The van der Waals surface area contributed by atoms with Gasteiger partial charge in [0.1, 0.15) is 18.8 Å². The van der Waals surface area contributed by atoms with Crippen LogP contribution in [0.5, 0.6) is 17.2 Å². The number of hydrogen-bond acceptors (Lipinski definition) is 12. The summed E-state index contributed by atoms with van der Waals surface area (Å²) in [6, 6.07) is 3.33. The van der Waals surface area contributed by atoms with E-state index in [2.05, 4.69) is 25.8 Å². The van der Waals surface area contributed by atoms with Gasteiger partial charge in [-0.05, 0) is 38.3 Å². The molecule has 2 heterocycles. The molecule has 2 aromatic rings. The molecule has 0 spiro atoms. The van der Waals surface area contributed by atoms with E-state index in [0.717, 1.165) is 55.9 Å². The number of aliphatic hydroxyl groups excluding tert-OH is 2. The van der Waals surface area contributed by atoms with E-state index in [0.29, 0.717) is 37.1 Å². The van der Waals surface area contributed by atoms with E-state index in [4.69, 9.17) is 28.4 Å². The minimum Gasteiger partial charge on any atom is -0.490 e. The second-order valence-electron chi connectivity index (χ2n) is 25.8. The molecule has 14 heteroatoms. The van der Waals surface area contributed by atoms with Gasteiger partial charge in [0.15, 0.2) is 23.8 Å².